The van der Waals surface area contributed by atoms with Gasteiger partial charge >= 0.3 is 6.18 Å². The zero-order chi connectivity index (χ0) is 20.4. The van der Waals surface area contributed by atoms with Crippen LogP contribution in [0.15, 0.2) is 54.7 Å². The minimum atomic E-state index is -4.33. The molecule has 0 radical (unpaired) electrons. The van der Waals surface area contributed by atoms with Crippen LogP contribution < -0.4 is 5.32 Å². The van der Waals surface area contributed by atoms with E-state index in [-0.39, 0.29) is 18.8 Å². The Morgan fingerprint density at radius 3 is 2.59 bits per heavy atom. The van der Waals surface area contributed by atoms with Gasteiger partial charge in [0.2, 0.25) is 0 Å². The number of nitriles is 1. The molecule has 0 aliphatic carbocycles. The number of aromatic nitrogens is 2. The number of aromatic amines is 1. The number of rotatable bonds is 5. The van der Waals surface area contributed by atoms with Gasteiger partial charge in [-0.2, -0.15) is 18.4 Å². The lowest BCUT2D eigenvalue weighted by Crippen LogP contribution is -2.29. The average Bonchev–Trinajstić information content (AvgIpc) is 3.13. The van der Waals surface area contributed by atoms with Crippen molar-refractivity contribution in [3.05, 3.63) is 71.4 Å². The summed E-state index contributed by atoms with van der Waals surface area (Å²) in [7, 11) is 0. The zero-order valence-corrected chi connectivity index (χ0v) is 15.4. The fraction of sp³-hybridized carbons (Fsp3) is 0.286. The van der Waals surface area contributed by atoms with E-state index in [1.807, 2.05) is 29.1 Å². The number of benzene rings is 2. The van der Waals surface area contributed by atoms with E-state index >= 15 is 0 Å². The molecule has 8 heteroatoms. The summed E-state index contributed by atoms with van der Waals surface area (Å²) in [5.41, 5.74) is 2.50. The topological polar surface area (TPSA) is 65.8 Å². The van der Waals surface area contributed by atoms with Crippen LogP contribution in [0.3, 0.4) is 0 Å². The highest BCUT2D eigenvalue weighted by Gasteiger charge is 2.31. The fourth-order valence-electron chi connectivity index (χ4n) is 3.43. The lowest BCUT2D eigenvalue weighted by molar-refractivity contribution is -0.137. The van der Waals surface area contributed by atoms with Crippen LogP contribution in [0, 0.1) is 11.3 Å². The van der Waals surface area contributed by atoms with Crippen molar-refractivity contribution in [1.29, 1.82) is 5.26 Å². The number of alkyl halides is 3. The number of hydrogen-bond acceptors (Lipinski definition) is 3. The molecule has 2 N–H and O–H groups in total. The van der Waals surface area contributed by atoms with E-state index in [9.17, 15) is 13.2 Å². The third-order valence-corrected chi connectivity index (χ3v) is 5.05. The van der Waals surface area contributed by atoms with Crippen molar-refractivity contribution in [1.82, 2.24) is 15.1 Å². The fourth-order valence-corrected chi connectivity index (χ4v) is 3.43. The molecule has 0 amide bonds. The second-order valence-corrected chi connectivity index (χ2v) is 7.02. The summed E-state index contributed by atoms with van der Waals surface area (Å²) in [5, 5.41) is 15.6. The van der Waals surface area contributed by atoms with Crippen molar-refractivity contribution in [3.8, 4) is 17.3 Å². The van der Waals surface area contributed by atoms with Crippen LogP contribution in [0.25, 0.3) is 11.3 Å². The SMILES string of the molecule is N#Cc1cccc(-c2cn([C@@H]3CNCC3OCc3ccc(C(F)(F)F)cc3)[nH]2)c1. The highest BCUT2D eigenvalue weighted by atomic mass is 19.4. The summed E-state index contributed by atoms with van der Waals surface area (Å²) in [6.45, 7) is 1.64. The van der Waals surface area contributed by atoms with Crippen LogP contribution in [0.2, 0.25) is 0 Å². The molecule has 0 saturated carbocycles. The molecule has 2 atom stereocenters. The molecule has 1 saturated heterocycles. The first kappa shape index (κ1) is 19.3. The summed E-state index contributed by atoms with van der Waals surface area (Å²) < 4.78 is 45.9. The molecule has 3 aromatic rings. The second-order valence-electron chi connectivity index (χ2n) is 7.02. The quantitative estimate of drug-likeness (QED) is 0.678. The lowest BCUT2D eigenvalue weighted by atomic mass is 10.1. The molecule has 5 nitrogen and oxygen atoms in total. The largest absolute Gasteiger partial charge is 0.416 e. The summed E-state index contributed by atoms with van der Waals surface area (Å²) in [6.07, 6.45) is -2.46. The standard InChI is InChI=1S/C21H19F3N4O/c22-21(23,24)17-6-4-14(5-7-17)13-29-20-11-26-10-19(20)28-12-18(27-28)16-3-1-2-15(8-16)9-25/h1-8,12,19-20,26-27H,10-11,13H2/t19-,20?/m1/s1. The Bertz CT molecular complexity index is 1000. The highest BCUT2D eigenvalue weighted by molar-refractivity contribution is 5.61. The number of hydrogen-bond donors (Lipinski definition) is 2. The molecule has 1 aliphatic rings. The van der Waals surface area contributed by atoms with Gasteiger partial charge in [-0.1, -0.05) is 24.3 Å². The molecule has 1 aliphatic heterocycles. The maximum atomic E-state index is 12.7. The Morgan fingerprint density at radius 2 is 1.90 bits per heavy atom. The Labute approximate surface area is 165 Å². The molecular formula is C21H19F3N4O. The number of H-pyrrole nitrogens is 1. The van der Waals surface area contributed by atoms with E-state index < -0.39 is 11.7 Å². The molecule has 29 heavy (non-hydrogen) atoms. The van der Waals surface area contributed by atoms with Gasteiger partial charge in [-0.15, -0.1) is 0 Å². The predicted octanol–water partition coefficient (Wildman–Crippen LogP) is 4.10. The first-order valence-corrected chi connectivity index (χ1v) is 9.20. The van der Waals surface area contributed by atoms with Crippen molar-refractivity contribution in [2.75, 3.05) is 13.1 Å². The number of halogens is 3. The van der Waals surface area contributed by atoms with E-state index in [1.165, 1.54) is 12.1 Å². The van der Waals surface area contributed by atoms with Gasteiger partial charge in [-0.05, 0) is 29.8 Å². The van der Waals surface area contributed by atoms with Gasteiger partial charge in [0.25, 0.3) is 0 Å². The van der Waals surface area contributed by atoms with Crippen molar-refractivity contribution in [3.63, 3.8) is 0 Å². The molecule has 150 valence electrons. The van der Waals surface area contributed by atoms with Gasteiger partial charge in [0, 0.05) is 24.8 Å². The van der Waals surface area contributed by atoms with Gasteiger partial charge in [-0.25, -0.2) is 0 Å². The van der Waals surface area contributed by atoms with Crippen LogP contribution in [-0.4, -0.2) is 29.0 Å². The molecule has 2 aromatic carbocycles. The van der Waals surface area contributed by atoms with E-state index in [0.29, 0.717) is 17.7 Å². The van der Waals surface area contributed by atoms with Crippen LogP contribution in [-0.2, 0) is 17.5 Å². The molecule has 0 spiro atoms. The van der Waals surface area contributed by atoms with Crippen LogP contribution in [0.1, 0.15) is 22.7 Å². The third kappa shape index (κ3) is 4.21. The van der Waals surface area contributed by atoms with E-state index in [0.717, 1.165) is 29.9 Å². The van der Waals surface area contributed by atoms with Crippen molar-refractivity contribution in [2.45, 2.75) is 24.9 Å². The third-order valence-electron chi connectivity index (χ3n) is 5.05. The molecule has 1 fully saturated rings. The highest BCUT2D eigenvalue weighted by Crippen LogP contribution is 2.30. The normalized spacial score (nSPS) is 19.4. The van der Waals surface area contributed by atoms with Gasteiger partial charge in [0.1, 0.15) is 0 Å². The Kier molecular flexibility index (Phi) is 5.18. The summed E-state index contributed by atoms with van der Waals surface area (Å²) in [6, 6.07) is 14.6. The van der Waals surface area contributed by atoms with E-state index in [2.05, 4.69) is 16.5 Å². The zero-order valence-electron chi connectivity index (χ0n) is 15.4. The molecule has 4 rings (SSSR count). The first-order valence-electron chi connectivity index (χ1n) is 9.20. The minimum Gasteiger partial charge on any atom is -0.370 e. The summed E-state index contributed by atoms with van der Waals surface area (Å²) >= 11 is 0. The first-order chi connectivity index (χ1) is 13.9. The van der Waals surface area contributed by atoms with Crippen LogP contribution in [0.4, 0.5) is 13.2 Å². The Balaban J connectivity index is 1.38. The Hall–Kier alpha value is -3.02. The average molecular weight is 400 g/mol. The van der Waals surface area contributed by atoms with Gasteiger partial charge in [0.05, 0.1) is 41.6 Å². The maximum absolute atomic E-state index is 12.7. The number of nitrogens with zero attached hydrogens (tertiary/aromatic N) is 2. The molecule has 2 heterocycles. The molecule has 0 bridgehead atoms. The van der Waals surface area contributed by atoms with Crippen LogP contribution >= 0.6 is 0 Å². The Morgan fingerprint density at radius 1 is 1.14 bits per heavy atom. The monoisotopic (exact) mass is 400 g/mol. The van der Waals surface area contributed by atoms with E-state index in [4.69, 9.17) is 10.00 Å². The predicted molar refractivity (Wildman–Crippen MR) is 101 cm³/mol. The van der Waals surface area contributed by atoms with E-state index in [1.54, 1.807) is 6.07 Å². The summed E-state index contributed by atoms with van der Waals surface area (Å²) in [4.78, 5) is 0. The maximum Gasteiger partial charge on any atom is 0.416 e. The van der Waals surface area contributed by atoms with Crippen molar-refractivity contribution < 1.29 is 17.9 Å². The number of ether oxygens (including phenoxy) is 1. The smallest absolute Gasteiger partial charge is 0.370 e. The molecular weight excluding hydrogens is 381 g/mol. The molecule has 1 aromatic heterocycles. The van der Waals surface area contributed by atoms with Crippen LogP contribution in [0.5, 0.6) is 0 Å². The number of nitrogens with one attached hydrogen (secondary N) is 2. The van der Waals surface area contributed by atoms with Gasteiger partial charge < -0.3 is 10.1 Å². The van der Waals surface area contributed by atoms with Gasteiger partial charge in [0.15, 0.2) is 0 Å². The van der Waals surface area contributed by atoms with Crippen molar-refractivity contribution >= 4 is 0 Å². The molecule has 1 unspecified atom stereocenters. The van der Waals surface area contributed by atoms with Crippen molar-refractivity contribution in [2.24, 2.45) is 0 Å². The van der Waals surface area contributed by atoms with Gasteiger partial charge in [-0.3, -0.25) is 9.78 Å². The second kappa shape index (κ2) is 7.78. The lowest BCUT2D eigenvalue weighted by Gasteiger charge is -2.26. The summed E-state index contributed by atoms with van der Waals surface area (Å²) in [5.74, 6) is 0. The minimum absolute atomic E-state index is 0.0624.